The van der Waals surface area contributed by atoms with E-state index in [0.29, 0.717) is 17.5 Å². The van der Waals surface area contributed by atoms with Crippen molar-refractivity contribution in [3.05, 3.63) is 218 Å². The Labute approximate surface area is 342 Å². The summed E-state index contributed by atoms with van der Waals surface area (Å²) in [5.74, 6) is 1.82. The maximum absolute atomic E-state index is 5.40. The maximum atomic E-state index is 5.40. The van der Waals surface area contributed by atoms with Crippen molar-refractivity contribution in [2.75, 3.05) is 0 Å². The Kier molecular flexibility index (Phi) is 8.45. The minimum absolute atomic E-state index is 0.600. The molecule has 0 N–H and O–H groups in total. The van der Waals surface area contributed by atoms with Crippen LogP contribution >= 0.6 is 0 Å². The van der Waals surface area contributed by atoms with Crippen LogP contribution in [-0.2, 0) is 0 Å². The lowest BCUT2D eigenvalue weighted by Crippen LogP contribution is -2.04. The summed E-state index contributed by atoms with van der Waals surface area (Å²) in [6, 6.07) is 77.0. The van der Waals surface area contributed by atoms with Crippen LogP contribution in [0.1, 0.15) is 0 Å². The van der Waals surface area contributed by atoms with E-state index < -0.39 is 0 Å². The molecule has 59 heavy (non-hydrogen) atoms. The van der Waals surface area contributed by atoms with E-state index in [1.807, 2.05) is 6.07 Å². The van der Waals surface area contributed by atoms with Crippen LogP contribution in [0.4, 0.5) is 0 Å². The van der Waals surface area contributed by atoms with Gasteiger partial charge in [-0.2, -0.15) is 0 Å². The van der Waals surface area contributed by atoms with E-state index in [1.54, 1.807) is 0 Å². The summed E-state index contributed by atoms with van der Waals surface area (Å²) >= 11 is 0. The van der Waals surface area contributed by atoms with Crippen LogP contribution in [0.2, 0.25) is 0 Å². The molecule has 0 radical (unpaired) electrons. The fourth-order valence-electron chi connectivity index (χ4n) is 8.39. The predicted octanol–water partition coefficient (Wildman–Crippen LogP) is 14.1. The summed E-state index contributed by atoms with van der Waals surface area (Å²) in [5, 5.41) is 4.66. The fourth-order valence-corrected chi connectivity index (χ4v) is 8.39. The Morgan fingerprint density at radius 3 is 1.37 bits per heavy atom. The number of hydrogen-bond acceptors (Lipinski definition) is 3. The molecule has 0 aliphatic carbocycles. The van der Waals surface area contributed by atoms with Gasteiger partial charge >= 0.3 is 0 Å². The molecule has 2 aromatic heterocycles. The molecule has 4 nitrogen and oxygen atoms in total. The van der Waals surface area contributed by atoms with E-state index in [4.69, 9.17) is 15.0 Å². The number of para-hydroxylation sites is 2. The minimum Gasteiger partial charge on any atom is -0.308 e. The molecule has 11 rings (SSSR count). The average Bonchev–Trinajstić information content (AvgIpc) is 3.66. The first-order valence-electron chi connectivity index (χ1n) is 19.9. The second-order valence-corrected chi connectivity index (χ2v) is 14.8. The highest BCUT2D eigenvalue weighted by atomic mass is 15.1. The summed E-state index contributed by atoms with van der Waals surface area (Å²) in [7, 11) is 0. The summed E-state index contributed by atoms with van der Waals surface area (Å²) in [6.07, 6.45) is 0. The fraction of sp³-hybridized carbons (Fsp3) is 0. The van der Waals surface area contributed by atoms with Crippen LogP contribution in [0.15, 0.2) is 218 Å². The maximum Gasteiger partial charge on any atom is 0.166 e. The minimum atomic E-state index is 0.600. The van der Waals surface area contributed by atoms with Crippen molar-refractivity contribution < 1.29 is 0 Å². The first kappa shape index (κ1) is 34.3. The molecule has 0 fully saturated rings. The largest absolute Gasteiger partial charge is 0.308 e. The van der Waals surface area contributed by atoms with Gasteiger partial charge in [0.15, 0.2) is 17.5 Å². The van der Waals surface area contributed by atoms with Crippen LogP contribution in [-0.4, -0.2) is 19.5 Å². The van der Waals surface area contributed by atoms with Crippen molar-refractivity contribution >= 4 is 32.6 Å². The number of benzene rings is 9. The molecule has 2 heterocycles. The Morgan fingerprint density at radius 1 is 0.271 bits per heavy atom. The van der Waals surface area contributed by atoms with Gasteiger partial charge in [0.2, 0.25) is 0 Å². The zero-order valence-corrected chi connectivity index (χ0v) is 32.1. The van der Waals surface area contributed by atoms with Crippen LogP contribution in [0.3, 0.4) is 0 Å². The number of hydrogen-bond donors (Lipinski definition) is 0. The summed E-state index contributed by atoms with van der Waals surface area (Å²) in [6.45, 7) is 0. The third-order valence-corrected chi connectivity index (χ3v) is 11.3. The van der Waals surface area contributed by atoms with E-state index >= 15 is 0 Å². The average molecular weight is 753 g/mol. The monoisotopic (exact) mass is 752 g/mol. The van der Waals surface area contributed by atoms with Gasteiger partial charge in [-0.05, 0) is 80.6 Å². The van der Waals surface area contributed by atoms with Crippen LogP contribution in [0.25, 0.3) is 106 Å². The van der Waals surface area contributed by atoms with E-state index in [-0.39, 0.29) is 0 Å². The smallest absolute Gasteiger partial charge is 0.166 e. The first-order chi connectivity index (χ1) is 29.2. The lowest BCUT2D eigenvalue weighted by Gasteiger charge is -2.17. The van der Waals surface area contributed by atoms with Crippen LogP contribution < -0.4 is 0 Å². The molecule has 11 aromatic rings. The van der Waals surface area contributed by atoms with Crippen molar-refractivity contribution in [2.45, 2.75) is 0 Å². The molecule has 0 unspecified atom stereocenters. The van der Waals surface area contributed by atoms with Gasteiger partial charge in [0, 0.05) is 27.5 Å². The molecule has 4 heteroatoms. The van der Waals surface area contributed by atoms with Crippen LogP contribution in [0.5, 0.6) is 0 Å². The first-order valence-corrected chi connectivity index (χ1v) is 19.9. The molecule has 0 aliphatic rings. The van der Waals surface area contributed by atoms with Gasteiger partial charge in [0.25, 0.3) is 0 Å². The molecule has 0 amide bonds. The van der Waals surface area contributed by atoms with Crippen molar-refractivity contribution in [3.63, 3.8) is 0 Å². The molecule has 0 saturated carbocycles. The predicted molar refractivity (Wildman–Crippen MR) is 244 cm³/mol. The van der Waals surface area contributed by atoms with E-state index in [9.17, 15) is 0 Å². The van der Waals surface area contributed by atoms with Gasteiger partial charge in [0.05, 0.1) is 16.7 Å². The number of nitrogens with zero attached hydrogens (tertiary/aromatic N) is 4. The zero-order valence-electron chi connectivity index (χ0n) is 32.1. The highest BCUT2D eigenvalue weighted by Gasteiger charge is 2.21. The number of aromatic nitrogens is 4. The molecular formula is C55H36N4. The molecular weight excluding hydrogens is 717 g/mol. The summed E-state index contributed by atoms with van der Waals surface area (Å²) < 4.78 is 2.37. The van der Waals surface area contributed by atoms with E-state index in [1.165, 1.54) is 21.9 Å². The third-order valence-electron chi connectivity index (χ3n) is 11.3. The third kappa shape index (κ3) is 6.24. The highest BCUT2D eigenvalue weighted by molar-refractivity contribution is 6.10. The molecule has 0 atom stereocenters. The van der Waals surface area contributed by atoms with Gasteiger partial charge in [-0.15, -0.1) is 0 Å². The molecule has 0 spiro atoms. The Balaban J connectivity index is 1.18. The highest BCUT2D eigenvalue weighted by Crippen LogP contribution is 2.39. The summed E-state index contributed by atoms with van der Waals surface area (Å²) in [5.41, 5.74) is 12.8. The lowest BCUT2D eigenvalue weighted by molar-refractivity contribution is 1.07. The number of rotatable bonds is 7. The van der Waals surface area contributed by atoms with Gasteiger partial charge in [-0.25, -0.2) is 15.0 Å². The molecule has 9 aromatic carbocycles. The SMILES string of the molecule is c1ccc(-c2ccc(-c3nc(-c4ccc5ccc(-c6ccccc6)cc5c4)nc(-c4ccccc4-c4ccccc4)n3)c(-n3c4ccccc4c4ccccc43)c2)cc1. The standard InChI is InChI=1S/C55H36N4/c1-4-16-37(17-5-1)41-30-28-39-29-31-43(35-44(39)34-41)53-56-54(48-25-11-10-22-45(48)40-20-8-3-9-21-40)58-55(57-53)49-33-32-42(38-18-6-2-7-19-38)36-52(49)59-50-26-14-12-23-46(50)47-24-13-15-27-51(47)59/h1-36H. The van der Waals surface area contributed by atoms with Gasteiger partial charge in [-0.3, -0.25) is 0 Å². The number of fused-ring (bicyclic) bond motifs is 4. The Bertz CT molecular complexity index is 3260. The molecule has 0 aliphatic heterocycles. The van der Waals surface area contributed by atoms with Crippen molar-refractivity contribution in [1.82, 2.24) is 19.5 Å². The Hall–Kier alpha value is -7.95. The van der Waals surface area contributed by atoms with Crippen molar-refractivity contribution in [2.24, 2.45) is 0 Å². The second kappa shape index (κ2) is 14.5. The van der Waals surface area contributed by atoms with E-state index in [0.717, 1.165) is 66.4 Å². The molecule has 276 valence electrons. The quantitative estimate of drug-likeness (QED) is 0.163. The summed E-state index contributed by atoms with van der Waals surface area (Å²) in [4.78, 5) is 16.1. The Morgan fingerprint density at radius 2 is 0.729 bits per heavy atom. The van der Waals surface area contributed by atoms with Gasteiger partial charge in [-0.1, -0.05) is 182 Å². The van der Waals surface area contributed by atoms with Gasteiger partial charge < -0.3 is 4.57 Å². The second-order valence-electron chi connectivity index (χ2n) is 14.8. The van der Waals surface area contributed by atoms with E-state index in [2.05, 4.69) is 217 Å². The van der Waals surface area contributed by atoms with Gasteiger partial charge in [0.1, 0.15) is 0 Å². The lowest BCUT2D eigenvalue weighted by atomic mass is 9.98. The van der Waals surface area contributed by atoms with Crippen LogP contribution in [0, 0.1) is 0 Å². The van der Waals surface area contributed by atoms with Crippen molar-refractivity contribution in [3.8, 4) is 73.2 Å². The normalized spacial score (nSPS) is 11.4. The molecule has 0 saturated heterocycles. The molecule has 0 bridgehead atoms. The van der Waals surface area contributed by atoms with Crippen molar-refractivity contribution in [1.29, 1.82) is 0 Å². The zero-order chi connectivity index (χ0) is 39.1. The topological polar surface area (TPSA) is 43.6 Å².